The van der Waals surface area contributed by atoms with Crippen LogP contribution in [0.4, 0.5) is 4.79 Å². The average Bonchev–Trinajstić information content (AvgIpc) is 3.20. The second kappa shape index (κ2) is 7.71. The molecule has 2 N–H and O–H groups in total. The predicted octanol–water partition coefficient (Wildman–Crippen LogP) is 2.57. The number of amides is 4. The van der Waals surface area contributed by atoms with Crippen LogP contribution in [0.15, 0.2) is 35.2 Å². The van der Waals surface area contributed by atoms with Crippen LogP contribution in [0.25, 0.3) is 0 Å². The van der Waals surface area contributed by atoms with Gasteiger partial charge in [0.2, 0.25) is 5.91 Å². The van der Waals surface area contributed by atoms with Crippen LogP contribution in [-0.4, -0.2) is 39.3 Å². The van der Waals surface area contributed by atoms with E-state index in [0.717, 1.165) is 21.7 Å². The van der Waals surface area contributed by atoms with Crippen molar-refractivity contribution in [2.45, 2.75) is 51.7 Å². The molecular formula is C20H24N4O3S. The number of nitrogens with zero attached hydrogens (tertiary/aromatic N) is 2. The van der Waals surface area contributed by atoms with Gasteiger partial charge in [0.1, 0.15) is 11.6 Å². The Hall–Kier alpha value is -2.74. The highest BCUT2D eigenvalue weighted by Crippen LogP contribution is 2.23. The Balaban J connectivity index is 1.82. The van der Waals surface area contributed by atoms with E-state index in [-0.39, 0.29) is 6.04 Å². The third-order valence-electron chi connectivity index (χ3n) is 4.87. The van der Waals surface area contributed by atoms with Crippen molar-refractivity contribution in [1.82, 2.24) is 20.5 Å². The molecule has 1 aliphatic rings. The molecule has 0 radical (unpaired) electrons. The summed E-state index contributed by atoms with van der Waals surface area (Å²) in [7, 11) is 0. The molecule has 2 unspecified atom stereocenters. The summed E-state index contributed by atoms with van der Waals surface area (Å²) in [5, 5.41) is 9.60. The molecule has 3 rings (SSSR count). The van der Waals surface area contributed by atoms with Crippen LogP contribution in [-0.2, 0) is 16.0 Å². The van der Waals surface area contributed by atoms with E-state index in [1.54, 1.807) is 38.3 Å². The van der Waals surface area contributed by atoms with Crippen LogP contribution in [0.3, 0.4) is 0 Å². The van der Waals surface area contributed by atoms with E-state index in [1.807, 2.05) is 35.9 Å². The van der Waals surface area contributed by atoms with E-state index < -0.39 is 29.4 Å². The van der Waals surface area contributed by atoms with Crippen molar-refractivity contribution in [3.63, 3.8) is 0 Å². The van der Waals surface area contributed by atoms with Crippen molar-refractivity contribution in [1.29, 1.82) is 0 Å². The fourth-order valence-electron chi connectivity index (χ4n) is 3.26. The van der Waals surface area contributed by atoms with Gasteiger partial charge in [-0.15, -0.1) is 0 Å². The zero-order valence-corrected chi connectivity index (χ0v) is 17.2. The number of hydrogen-bond acceptors (Lipinski definition) is 5. The van der Waals surface area contributed by atoms with E-state index in [2.05, 4.69) is 15.6 Å². The van der Waals surface area contributed by atoms with E-state index in [4.69, 9.17) is 0 Å². The first-order chi connectivity index (χ1) is 13.2. The van der Waals surface area contributed by atoms with Crippen LogP contribution in [0.5, 0.6) is 0 Å². The Morgan fingerprint density at radius 1 is 1.36 bits per heavy atom. The van der Waals surface area contributed by atoms with Gasteiger partial charge in [0.25, 0.3) is 5.91 Å². The molecule has 28 heavy (non-hydrogen) atoms. The molecule has 1 aliphatic heterocycles. The largest absolute Gasteiger partial charge is 0.346 e. The quantitative estimate of drug-likeness (QED) is 0.729. The maximum Gasteiger partial charge on any atom is 0.325 e. The number of aryl methyl sites for hydroxylation is 1. The number of carbonyl (C=O) groups is 3. The highest BCUT2D eigenvalue weighted by molar-refractivity contribution is 7.07. The molecule has 0 bridgehead atoms. The first kappa shape index (κ1) is 20.0. The predicted molar refractivity (Wildman–Crippen MR) is 107 cm³/mol. The van der Waals surface area contributed by atoms with E-state index in [0.29, 0.717) is 6.42 Å². The number of rotatable bonds is 6. The summed E-state index contributed by atoms with van der Waals surface area (Å²) in [5.74, 6) is -0.810. The van der Waals surface area contributed by atoms with Crippen LogP contribution in [0.2, 0.25) is 0 Å². The van der Waals surface area contributed by atoms with Gasteiger partial charge >= 0.3 is 6.03 Å². The van der Waals surface area contributed by atoms with E-state index in [1.165, 1.54) is 0 Å². The zero-order chi connectivity index (χ0) is 20.5. The third kappa shape index (κ3) is 3.91. The number of carbonyl (C=O) groups excluding carboxylic acids is 3. The second-order valence-electron chi connectivity index (χ2n) is 7.51. The molecule has 0 spiro atoms. The number of nitrogens with one attached hydrogen (secondary N) is 2. The van der Waals surface area contributed by atoms with Crippen molar-refractivity contribution in [2.75, 3.05) is 0 Å². The van der Waals surface area contributed by atoms with Crippen molar-refractivity contribution in [3.05, 3.63) is 52.0 Å². The molecule has 148 valence electrons. The Morgan fingerprint density at radius 2 is 2.11 bits per heavy atom. The zero-order valence-electron chi connectivity index (χ0n) is 16.4. The molecule has 0 saturated carbocycles. The SMILES string of the molecule is Cc1cccnc1C(Cc1ccsc1)NC(=O)C(C)N1C(=O)NC(C)(C)C1=O. The number of urea groups is 1. The first-order valence-electron chi connectivity index (χ1n) is 9.09. The maximum absolute atomic E-state index is 12.9. The van der Waals surface area contributed by atoms with E-state index in [9.17, 15) is 14.4 Å². The summed E-state index contributed by atoms with van der Waals surface area (Å²) in [4.78, 5) is 43.1. The monoisotopic (exact) mass is 400 g/mol. The normalized spacial score (nSPS) is 17.9. The number of imide groups is 1. The molecule has 2 aromatic heterocycles. The van der Waals surface area contributed by atoms with E-state index >= 15 is 0 Å². The van der Waals surface area contributed by atoms with Crippen LogP contribution in [0.1, 0.15) is 43.6 Å². The van der Waals surface area contributed by atoms with Crippen molar-refractivity contribution < 1.29 is 14.4 Å². The minimum absolute atomic E-state index is 0.362. The lowest BCUT2D eigenvalue weighted by Gasteiger charge is -2.25. The molecule has 1 saturated heterocycles. The van der Waals surface area contributed by atoms with Crippen molar-refractivity contribution >= 4 is 29.2 Å². The van der Waals surface area contributed by atoms with Crippen molar-refractivity contribution in [3.8, 4) is 0 Å². The maximum atomic E-state index is 12.9. The van der Waals surface area contributed by atoms with Gasteiger partial charge in [-0.1, -0.05) is 6.07 Å². The molecule has 2 aromatic rings. The van der Waals surface area contributed by atoms with Gasteiger partial charge in [-0.25, -0.2) is 9.69 Å². The lowest BCUT2D eigenvalue weighted by Crippen LogP contribution is -2.50. The van der Waals surface area contributed by atoms with Crippen LogP contribution >= 0.6 is 11.3 Å². The Morgan fingerprint density at radius 3 is 2.68 bits per heavy atom. The highest BCUT2D eigenvalue weighted by atomic mass is 32.1. The smallest absolute Gasteiger partial charge is 0.325 e. The lowest BCUT2D eigenvalue weighted by atomic mass is 10.0. The minimum atomic E-state index is -1.01. The van der Waals surface area contributed by atoms with Gasteiger partial charge < -0.3 is 10.6 Å². The molecule has 4 amide bonds. The summed E-state index contributed by atoms with van der Waals surface area (Å²) < 4.78 is 0. The average molecular weight is 401 g/mol. The molecular weight excluding hydrogens is 376 g/mol. The first-order valence-corrected chi connectivity index (χ1v) is 10.0. The minimum Gasteiger partial charge on any atom is -0.346 e. The molecule has 8 heteroatoms. The molecule has 1 fully saturated rings. The molecule has 0 aromatic carbocycles. The highest BCUT2D eigenvalue weighted by Gasteiger charge is 2.48. The van der Waals surface area contributed by atoms with Gasteiger partial charge in [0.15, 0.2) is 0 Å². The number of thiophene rings is 1. The molecule has 2 atom stereocenters. The fraction of sp³-hybridized carbons (Fsp3) is 0.400. The van der Waals surface area contributed by atoms with Crippen LogP contribution < -0.4 is 10.6 Å². The second-order valence-corrected chi connectivity index (χ2v) is 8.29. The van der Waals surface area contributed by atoms with Gasteiger partial charge in [-0.2, -0.15) is 11.3 Å². The van der Waals surface area contributed by atoms with Gasteiger partial charge in [0.05, 0.1) is 11.7 Å². The Labute approximate surface area is 168 Å². The number of aromatic nitrogens is 1. The van der Waals surface area contributed by atoms with Gasteiger partial charge in [-0.05, 0) is 68.1 Å². The molecule has 7 nitrogen and oxygen atoms in total. The Bertz CT molecular complexity index is 895. The number of hydrogen-bond donors (Lipinski definition) is 2. The third-order valence-corrected chi connectivity index (χ3v) is 5.61. The van der Waals surface area contributed by atoms with Crippen LogP contribution in [0, 0.1) is 6.92 Å². The summed E-state index contributed by atoms with van der Waals surface area (Å²) in [6.45, 7) is 6.74. The van der Waals surface area contributed by atoms with Crippen molar-refractivity contribution in [2.24, 2.45) is 0 Å². The topological polar surface area (TPSA) is 91.4 Å². The lowest BCUT2D eigenvalue weighted by molar-refractivity contribution is -0.137. The van der Waals surface area contributed by atoms with Gasteiger partial charge in [0, 0.05) is 6.20 Å². The van der Waals surface area contributed by atoms with Gasteiger partial charge in [-0.3, -0.25) is 14.6 Å². The number of pyridine rings is 1. The Kier molecular flexibility index (Phi) is 5.51. The fourth-order valence-corrected chi connectivity index (χ4v) is 3.94. The summed E-state index contributed by atoms with van der Waals surface area (Å²) in [6.07, 6.45) is 2.27. The summed E-state index contributed by atoms with van der Waals surface area (Å²) in [6, 6.07) is 3.95. The standard InChI is InChI=1S/C20H24N4O3S/c1-12-6-5-8-21-16(12)15(10-14-7-9-28-11-14)22-17(25)13(2)24-18(26)20(3,4)23-19(24)27/h5-9,11,13,15H,10H2,1-4H3,(H,22,25)(H,23,27). The molecule has 0 aliphatic carbocycles. The summed E-state index contributed by atoms with van der Waals surface area (Å²) in [5.41, 5.74) is 1.81. The summed E-state index contributed by atoms with van der Waals surface area (Å²) >= 11 is 1.59. The molecule has 3 heterocycles.